The number of rotatable bonds is 6. The highest BCUT2D eigenvalue weighted by Crippen LogP contribution is 2.15. The molecule has 2 rings (SSSR count). The summed E-state index contributed by atoms with van der Waals surface area (Å²) in [7, 11) is -3.69. The quantitative estimate of drug-likeness (QED) is 0.840. The number of carbonyl (C=O) groups is 1. The van der Waals surface area contributed by atoms with Crippen LogP contribution in [-0.4, -0.2) is 20.4 Å². The van der Waals surface area contributed by atoms with Crippen LogP contribution in [0.5, 0.6) is 0 Å². The number of hydrogen-bond acceptors (Lipinski definition) is 3. The normalized spacial score (nSPS) is 12.6. The minimum atomic E-state index is -3.69. The van der Waals surface area contributed by atoms with E-state index >= 15 is 0 Å². The van der Waals surface area contributed by atoms with Crippen molar-refractivity contribution in [2.45, 2.75) is 31.2 Å². The molecule has 2 aromatic carbocycles. The molecular weight excluding hydrogens is 331 g/mol. The molecule has 1 atom stereocenters. The van der Waals surface area contributed by atoms with Gasteiger partial charge in [-0.3, -0.25) is 4.79 Å². The number of halogens is 1. The maximum Gasteiger partial charge on any atom is 0.255 e. The first-order valence-electron chi connectivity index (χ1n) is 7.51. The fourth-order valence-corrected chi connectivity index (χ4v) is 3.33. The molecule has 2 N–H and O–H groups in total. The van der Waals surface area contributed by atoms with Gasteiger partial charge in [0.1, 0.15) is 5.82 Å². The summed E-state index contributed by atoms with van der Waals surface area (Å²) in [4.78, 5) is 12.3. The van der Waals surface area contributed by atoms with Crippen LogP contribution >= 0.6 is 0 Å². The zero-order valence-electron chi connectivity index (χ0n) is 13.4. The summed E-state index contributed by atoms with van der Waals surface area (Å²) in [6.07, 6.45) is 0.657. The average Bonchev–Trinajstić information content (AvgIpc) is 2.56. The molecule has 0 saturated carbocycles. The van der Waals surface area contributed by atoms with Crippen LogP contribution in [-0.2, 0) is 10.0 Å². The van der Waals surface area contributed by atoms with E-state index in [0.717, 1.165) is 0 Å². The Labute approximate surface area is 141 Å². The van der Waals surface area contributed by atoms with Gasteiger partial charge in [0.15, 0.2) is 0 Å². The highest BCUT2D eigenvalue weighted by Gasteiger charge is 2.18. The van der Waals surface area contributed by atoms with E-state index in [1.54, 1.807) is 6.92 Å². The summed E-state index contributed by atoms with van der Waals surface area (Å²) in [6, 6.07) is 10.9. The Balaban J connectivity index is 2.20. The number of benzene rings is 2. The van der Waals surface area contributed by atoms with E-state index in [4.69, 9.17) is 0 Å². The molecule has 1 amide bonds. The molecule has 5 nitrogen and oxygen atoms in total. The van der Waals surface area contributed by atoms with Gasteiger partial charge in [-0.15, -0.1) is 0 Å². The third kappa shape index (κ3) is 4.62. The zero-order chi connectivity index (χ0) is 17.7. The van der Waals surface area contributed by atoms with Gasteiger partial charge in [0.25, 0.3) is 5.91 Å². The van der Waals surface area contributed by atoms with Gasteiger partial charge in [0.2, 0.25) is 10.0 Å². The average molecular weight is 350 g/mol. The Hall–Kier alpha value is -2.25. The van der Waals surface area contributed by atoms with Crippen molar-refractivity contribution in [3.8, 4) is 0 Å². The molecule has 0 aliphatic carbocycles. The first-order valence-corrected chi connectivity index (χ1v) is 8.99. The van der Waals surface area contributed by atoms with Crippen molar-refractivity contribution >= 4 is 21.6 Å². The maximum absolute atomic E-state index is 12.9. The lowest BCUT2D eigenvalue weighted by Crippen LogP contribution is -2.32. The second-order valence-electron chi connectivity index (χ2n) is 5.42. The molecule has 2 aromatic rings. The Kier molecular flexibility index (Phi) is 5.69. The Morgan fingerprint density at radius 3 is 2.46 bits per heavy atom. The Bertz CT molecular complexity index is 820. The molecule has 0 fully saturated rings. The molecule has 1 unspecified atom stereocenters. The first kappa shape index (κ1) is 18.1. The van der Waals surface area contributed by atoms with Crippen LogP contribution < -0.4 is 10.0 Å². The van der Waals surface area contributed by atoms with Crippen LogP contribution in [0.15, 0.2) is 53.4 Å². The summed E-state index contributed by atoms with van der Waals surface area (Å²) in [5.74, 6) is -0.876. The number of hydrogen-bond donors (Lipinski definition) is 2. The van der Waals surface area contributed by atoms with Gasteiger partial charge in [-0.1, -0.05) is 13.0 Å². The third-order valence-corrected chi connectivity index (χ3v) is 5.06. The predicted molar refractivity (Wildman–Crippen MR) is 90.9 cm³/mol. The molecule has 0 aliphatic heterocycles. The van der Waals surface area contributed by atoms with Gasteiger partial charge in [-0.25, -0.2) is 17.5 Å². The van der Waals surface area contributed by atoms with Gasteiger partial charge in [-0.2, -0.15) is 0 Å². The van der Waals surface area contributed by atoms with Crippen LogP contribution in [0.3, 0.4) is 0 Å². The highest BCUT2D eigenvalue weighted by atomic mass is 32.2. The smallest absolute Gasteiger partial charge is 0.255 e. The third-order valence-electron chi connectivity index (χ3n) is 3.48. The van der Waals surface area contributed by atoms with Crippen molar-refractivity contribution in [2.24, 2.45) is 0 Å². The number of carbonyl (C=O) groups excluding carboxylic acids is 1. The molecule has 7 heteroatoms. The predicted octanol–water partition coefficient (Wildman–Crippen LogP) is 3.15. The molecule has 0 radical (unpaired) electrons. The second-order valence-corrected chi connectivity index (χ2v) is 7.13. The second kappa shape index (κ2) is 7.55. The van der Waals surface area contributed by atoms with Gasteiger partial charge in [0, 0.05) is 17.3 Å². The van der Waals surface area contributed by atoms with Crippen molar-refractivity contribution < 1.29 is 17.6 Å². The van der Waals surface area contributed by atoms with E-state index in [0.29, 0.717) is 12.1 Å². The van der Waals surface area contributed by atoms with Gasteiger partial charge in [0.05, 0.1) is 4.90 Å². The minimum Gasteiger partial charge on any atom is -0.322 e. The van der Waals surface area contributed by atoms with E-state index in [1.165, 1.54) is 48.5 Å². The molecular formula is C17H19FN2O3S. The molecule has 0 saturated heterocycles. The molecule has 0 aromatic heterocycles. The van der Waals surface area contributed by atoms with Gasteiger partial charge >= 0.3 is 0 Å². The van der Waals surface area contributed by atoms with Crippen LogP contribution in [0.25, 0.3) is 0 Å². The van der Waals surface area contributed by atoms with Crippen molar-refractivity contribution in [1.82, 2.24) is 4.72 Å². The largest absolute Gasteiger partial charge is 0.322 e. The maximum atomic E-state index is 12.9. The van der Waals surface area contributed by atoms with Crippen molar-refractivity contribution in [1.29, 1.82) is 0 Å². The molecule has 0 heterocycles. The summed E-state index contributed by atoms with van der Waals surface area (Å²) >= 11 is 0. The Morgan fingerprint density at radius 1 is 1.17 bits per heavy atom. The van der Waals surface area contributed by atoms with Crippen molar-refractivity contribution in [3.05, 3.63) is 59.9 Å². The van der Waals surface area contributed by atoms with E-state index in [9.17, 15) is 17.6 Å². The Morgan fingerprint density at radius 2 is 1.83 bits per heavy atom. The summed E-state index contributed by atoms with van der Waals surface area (Å²) in [5.41, 5.74) is 0.624. The topological polar surface area (TPSA) is 75.3 Å². The highest BCUT2D eigenvalue weighted by molar-refractivity contribution is 7.89. The number of amides is 1. The number of anilines is 1. The van der Waals surface area contributed by atoms with E-state index < -0.39 is 21.7 Å². The van der Waals surface area contributed by atoms with Crippen LogP contribution in [0.1, 0.15) is 30.6 Å². The van der Waals surface area contributed by atoms with Crippen molar-refractivity contribution in [2.75, 3.05) is 5.32 Å². The standard InChI is InChI=1S/C17H19FN2O3S/c1-3-12(2)20-24(22,23)16-6-4-5-13(11-16)17(21)19-15-9-7-14(18)8-10-15/h4-12,20H,3H2,1-2H3,(H,19,21). The minimum absolute atomic E-state index is 0.0227. The number of sulfonamides is 1. The summed E-state index contributed by atoms with van der Waals surface area (Å²) in [5, 5.41) is 2.60. The fraction of sp³-hybridized carbons (Fsp3) is 0.235. The molecule has 128 valence electrons. The molecule has 0 aliphatic rings. The lowest BCUT2D eigenvalue weighted by molar-refractivity contribution is 0.102. The first-order chi connectivity index (χ1) is 11.3. The molecule has 24 heavy (non-hydrogen) atoms. The van der Waals surface area contributed by atoms with Crippen molar-refractivity contribution in [3.63, 3.8) is 0 Å². The van der Waals surface area contributed by atoms with Crippen LogP contribution in [0, 0.1) is 5.82 Å². The fourth-order valence-electron chi connectivity index (χ4n) is 1.96. The lowest BCUT2D eigenvalue weighted by atomic mass is 10.2. The summed E-state index contributed by atoms with van der Waals surface area (Å²) < 4.78 is 40.0. The van der Waals surface area contributed by atoms with Gasteiger partial charge in [-0.05, 0) is 55.8 Å². The SMILES string of the molecule is CCC(C)NS(=O)(=O)c1cccc(C(=O)Nc2ccc(F)cc2)c1. The van der Waals surface area contributed by atoms with E-state index in [-0.39, 0.29) is 16.5 Å². The lowest BCUT2D eigenvalue weighted by Gasteiger charge is -2.13. The monoisotopic (exact) mass is 350 g/mol. The van der Waals surface area contributed by atoms with Crippen LogP contribution in [0.2, 0.25) is 0 Å². The zero-order valence-corrected chi connectivity index (χ0v) is 14.2. The number of nitrogens with one attached hydrogen (secondary N) is 2. The van der Waals surface area contributed by atoms with Gasteiger partial charge < -0.3 is 5.32 Å². The summed E-state index contributed by atoms with van der Waals surface area (Å²) in [6.45, 7) is 3.64. The van der Waals surface area contributed by atoms with E-state index in [2.05, 4.69) is 10.0 Å². The van der Waals surface area contributed by atoms with Crippen LogP contribution in [0.4, 0.5) is 10.1 Å². The molecule has 0 spiro atoms. The van der Waals surface area contributed by atoms with E-state index in [1.807, 2.05) is 6.92 Å². The molecule has 0 bridgehead atoms.